The van der Waals surface area contributed by atoms with E-state index in [2.05, 4.69) is 9.71 Å². The number of carboxylic acids is 1. The highest BCUT2D eigenvalue weighted by Gasteiger charge is 2.12. The lowest BCUT2D eigenvalue weighted by atomic mass is 10.1. The number of carbonyl (C=O) groups is 1. The Hall–Kier alpha value is -2.48. The van der Waals surface area contributed by atoms with Gasteiger partial charge >= 0.3 is 5.97 Å². The topological polar surface area (TPSA) is 96.4 Å². The van der Waals surface area contributed by atoms with Gasteiger partial charge in [0.15, 0.2) is 0 Å². The van der Waals surface area contributed by atoms with Gasteiger partial charge in [0.05, 0.1) is 23.2 Å². The largest absolute Gasteiger partial charge is 0.478 e. The van der Waals surface area contributed by atoms with Gasteiger partial charge in [0.1, 0.15) is 0 Å². The minimum atomic E-state index is -3.69. The number of pyridine rings is 1. The van der Waals surface area contributed by atoms with Crippen LogP contribution in [0.3, 0.4) is 0 Å². The SMILES string of the molecule is O=C(O)c1ccc(CS(=O)(=O)Nc2ccc(F)nc2)cc1. The Labute approximate surface area is 120 Å². The molecule has 0 amide bonds. The molecule has 0 spiro atoms. The van der Waals surface area contributed by atoms with E-state index in [-0.39, 0.29) is 17.0 Å². The van der Waals surface area contributed by atoms with Gasteiger partial charge < -0.3 is 5.11 Å². The summed E-state index contributed by atoms with van der Waals surface area (Å²) in [4.78, 5) is 14.0. The summed E-state index contributed by atoms with van der Waals surface area (Å²) in [5.74, 6) is -2.12. The average molecular weight is 310 g/mol. The zero-order valence-electron chi connectivity index (χ0n) is 10.7. The summed E-state index contributed by atoms with van der Waals surface area (Å²) in [6.45, 7) is 0. The summed E-state index contributed by atoms with van der Waals surface area (Å²) in [6.07, 6.45) is 1.07. The first-order valence-corrected chi connectivity index (χ1v) is 7.45. The second-order valence-corrected chi connectivity index (χ2v) is 5.96. The molecule has 0 radical (unpaired) electrons. The predicted octanol–water partition coefficient (Wildman–Crippen LogP) is 1.86. The summed E-state index contributed by atoms with van der Waals surface area (Å²) >= 11 is 0. The van der Waals surface area contributed by atoms with Gasteiger partial charge in [-0.2, -0.15) is 4.39 Å². The second kappa shape index (κ2) is 5.88. The highest BCUT2D eigenvalue weighted by atomic mass is 32.2. The van der Waals surface area contributed by atoms with Gasteiger partial charge in [-0.05, 0) is 29.8 Å². The van der Waals surface area contributed by atoms with Crippen LogP contribution < -0.4 is 4.72 Å². The maximum atomic E-state index is 12.6. The zero-order valence-corrected chi connectivity index (χ0v) is 11.5. The van der Waals surface area contributed by atoms with Gasteiger partial charge in [-0.1, -0.05) is 12.1 Å². The van der Waals surface area contributed by atoms with Gasteiger partial charge in [0, 0.05) is 0 Å². The van der Waals surface area contributed by atoms with E-state index in [1.165, 1.54) is 30.3 Å². The minimum Gasteiger partial charge on any atom is -0.478 e. The lowest BCUT2D eigenvalue weighted by Gasteiger charge is -2.07. The van der Waals surface area contributed by atoms with Crippen molar-refractivity contribution in [3.05, 3.63) is 59.7 Å². The third-order valence-electron chi connectivity index (χ3n) is 2.56. The van der Waals surface area contributed by atoms with Crippen LogP contribution in [0.5, 0.6) is 0 Å². The molecule has 21 heavy (non-hydrogen) atoms. The quantitative estimate of drug-likeness (QED) is 0.822. The van der Waals surface area contributed by atoms with Gasteiger partial charge in [0.2, 0.25) is 16.0 Å². The number of nitrogens with zero attached hydrogens (tertiary/aromatic N) is 1. The molecule has 2 N–H and O–H groups in total. The van der Waals surface area contributed by atoms with E-state index in [1.807, 2.05) is 0 Å². The molecule has 1 aromatic carbocycles. The van der Waals surface area contributed by atoms with Crippen LogP contribution in [0.1, 0.15) is 15.9 Å². The third kappa shape index (κ3) is 4.25. The molecule has 6 nitrogen and oxygen atoms in total. The van der Waals surface area contributed by atoms with Crippen molar-refractivity contribution in [3.8, 4) is 0 Å². The first-order valence-electron chi connectivity index (χ1n) is 5.80. The molecule has 0 aliphatic rings. The number of aromatic carboxylic acids is 1. The Morgan fingerprint density at radius 2 is 1.86 bits per heavy atom. The number of hydrogen-bond acceptors (Lipinski definition) is 4. The maximum absolute atomic E-state index is 12.6. The van der Waals surface area contributed by atoms with Crippen LogP contribution in [-0.2, 0) is 15.8 Å². The Kier molecular flexibility index (Phi) is 4.18. The minimum absolute atomic E-state index is 0.0758. The number of carboxylic acid groups (broad SMARTS) is 1. The van der Waals surface area contributed by atoms with Crippen molar-refractivity contribution >= 4 is 21.7 Å². The number of aromatic nitrogens is 1. The summed E-state index contributed by atoms with van der Waals surface area (Å²) in [5, 5.41) is 8.76. The molecule has 2 rings (SSSR count). The van der Waals surface area contributed by atoms with E-state index in [0.717, 1.165) is 12.3 Å². The van der Waals surface area contributed by atoms with Crippen molar-refractivity contribution in [2.45, 2.75) is 5.75 Å². The van der Waals surface area contributed by atoms with Crippen molar-refractivity contribution in [3.63, 3.8) is 0 Å². The molecule has 0 bridgehead atoms. The lowest BCUT2D eigenvalue weighted by Crippen LogP contribution is -2.15. The van der Waals surface area contributed by atoms with E-state index in [9.17, 15) is 17.6 Å². The number of halogens is 1. The van der Waals surface area contributed by atoms with Crippen molar-refractivity contribution in [2.24, 2.45) is 0 Å². The molecule has 2 aromatic rings. The molecule has 0 saturated carbocycles. The number of nitrogens with one attached hydrogen (secondary N) is 1. The molecule has 1 aromatic heterocycles. The van der Waals surface area contributed by atoms with Crippen LogP contribution in [0.2, 0.25) is 0 Å². The van der Waals surface area contributed by atoms with Gasteiger partial charge in [-0.25, -0.2) is 18.2 Å². The first kappa shape index (κ1) is 14.9. The first-order chi connectivity index (χ1) is 9.85. The lowest BCUT2D eigenvalue weighted by molar-refractivity contribution is 0.0697. The summed E-state index contributed by atoms with van der Waals surface area (Å²) in [5.41, 5.74) is 0.660. The fraction of sp³-hybridized carbons (Fsp3) is 0.0769. The number of sulfonamides is 1. The van der Waals surface area contributed by atoms with Crippen molar-refractivity contribution in [2.75, 3.05) is 4.72 Å². The maximum Gasteiger partial charge on any atom is 0.335 e. The van der Waals surface area contributed by atoms with E-state index in [0.29, 0.717) is 5.56 Å². The summed E-state index contributed by atoms with van der Waals surface area (Å²) in [6, 6.07) is 7.80. The average Bonchev–Trinajstić information content (AvgIpc) is 2.41. The molecule has 0 aliphatic heterocycles. The van der Waals surface area contributed by atoms with Gasteiger partial charge in [0.25, 0.3) is 0 Å². The number of anilines is 1. The van der Waals surface area contributed by atoms with Gasteiger partial charge in [-0.3, -0.25) is 4.72 Å². The summed E-state index contributed by atoms with van der Waals surface area (Å²) < 4.78 is 38.7. The Bertz CT molecular complexity index is 743. The number of rotatable bonds is 5. The van der Waals surface area contributed by atoms with Crippen molar-refractivity contribution in [1.82, 2.24) is 4.98 Å². The Morgan fingerprint density at radius 1 is 1.19 bits per heavy atom. The van der Waals surface area contributed by atoms with Crippen LogP contribution in [0.25, 0.3) is 0 Å². The highest BCUT2D eigenvalue weighted by Crippen LogP contribution is 2.13. The van der Waals surface area contributed by atoms with E-state index in [1.54, 1.807) is 0 Å². The molecular formula is C13H11FN2O4S. The monoisotopic (exact) mass is 310 g/mol. The standard InChI is InChI=1S/C13H11FN2O4S/c14-12-6-5-11(7-15-12)16-21(19,20)8-9-1-3-10(4-2-9)13(17)18/h1-7,16H,8H2,(H,17,18). The van der Waals surface area contributed by atoms with Gasteiger partial charge in [-0.15, -0.1) is 0 Å². The fourth-order valence-electron chi connectivity index (χ4n) is 1.61. The van der Waals surface area contributed by atoms with Crippen LogP contribution in [0.15, 0.2) is 42.6 Å². The molecule has 110 valence electrons. The number of hydrogen-bond donors (Lipinski definition) is 2. The normalized spacial score (nSPS) is 11.1. The second-order valence-electron chi connectivity index (χ2n) is 4.23. The fourth-order valence-corrected chi connectivity index (χ4v) is 2.80. The van der Waals surface area contributed by atoms with Crippen LogP contribution >= 0.6 is 0 Å². The van der Waals surface area contributed by atoms with E-state index < -0.39 is 21.9 Å². The van der Waals surface area contributed by atoms with E-state index >= 15 is 0 Å². The molecule has 0 atom stereocenters. The molecule has 1 heterocycles. The summed E-state index contributed by atoms with van der Waals surface area (Å²) in [7, 11) is -3.69. The predicted molar refractivity (Wildman–Crippen MR) is 73.8 cm³/mol. The molecule has 8 heteroatoms. The Morgan fingerprint density at radius 3 is 2.38 bits per heavy atom. The zero-order chi connectivity index (χ0) is 15.5. The van der Waals surface area contributed by atoms with Crippen molar-refractivity contribution < 1.29 is 22.7 Å². The molecule has 0 saturated heterocycles. The van der Waals surface area contributed by atoms with Crippen molar-refractivity contribution in [1.29, 1.82) is 0 Å². The van der Waals surface area contributed by atoms with Crippen LogP contribution in [-0.4, -0.2) is 24.5 Å². The Balaban J connectivity index is 2.10. The molecule has 0 aliphatic carbocycles. The molecular weight excluding hydrogens is 299 g/mol. The number of benzene rings is 1. The van der Waals surface area contributed by atoms with E-state index in [4.69, 9.17) is 5.11 Å². The molecule has 0 unspecified atom stereocenters. The third-order valence-corrected chi connectivity index (χ3v) is 3.82. The van der Waals surface area contributed by atoms with Crippen LogP contribution in [0.4, 0.5) is 10.1 Å². The van der Waals surface area contributed by atoms with Crippen LogP contribution in [0, 0.1) is 5.95 Å². The smallest absolute Gasteiger partial charge is 0.335 e. The molecule has 0 fully saturated rings. The highest BCUT2D eigenvalue weighted by molar-refractivity contribution is 7.91.